The van der Waals surface area contributed by atoms with Crippen molar-refractivity contribution < 1.29 is 5.11 Å². The van der Waals surface area contributed by atoms with E-state index in [-0.39, 0.29) is 12.4 Å². The first-order valence-corrected chi connectivity index (χ1v) is 6.99. The van der Waals surface area contributed by atoms with Crippen molar-refractivity contribution in [1.82, 2.24) is 5.32 Å². The van der Waals surface area contributed by atoms with E-state index in [1.165, 1.54) is 22.3 Å². The van der Waals surface area contributed by atoms with E-state index >= 15 is 0 Å². The predicted octanol–water partition coefficient (Wildman–Crippen LogP) is 3.88. The summed E-state index contributed by atoms with van der Waals surface area (Å²) >= 11 is 6.34. The zero-order valence-electron chi connectivity index (χ0n) is 10.8. The summed E-state index contributed by atoms with van der Waals surface area (Å²) in [6.07, 6.45) is 1.91. The quantitative estimate of drug-likeness (QED) is 0.774. The maximum atomic E-state index is 9.95. The van der Waals surface area contributed by atoms with Crippen LogP contribution in [-0.4, -0.2) is 11.7 Å². The minimum absolute atomic E-state index is 0. The minimum atomic E-state index is 0. The van der Waals surface area contributed by atoms with E-state index in [1.807, 2.05) is 24.3 Å². The highest BCUT2D eigenvalue weighted by atomic mass is 35.5. The van der Waals surface area contributed by atoms with Crippen LogP contribution >= 0.6 is 24.0 Å². The number of phenolic OH excluding ortho intramolecular Hbond substituents is 1. The van der Waals surface area contributed by atoms with E-state index in [9.17, 15) is 5.11 Å². The average molecular weight is 308 g/mol. The van der Waals surface area contributed by atoms with Crippen molar-refractivity contribution in [3.63, 3.8) is 0 Å². The fraction of sp³-hybridized carbons (Fsp3) is 0.250. The topological polar surface area (TPSA) is 32.3 Å². The molecule has 1 atom stereocenters. The number of aromatic hydroxyl groups is 1. The first-order valence-electron chi connectivity index (χ1n) is 6.61. The normalized spacial score (nSPS) is 18.8. The molecule has 20 heavy (non-hydrogen) atoms. The van der Waals surface area contributed by atoms with Gasteiger partial charge in [0.25, 0.3) is 0 Å². The average Bonchev–Trinajstić information content (AvgIpc) is 2.40. The Bertz CT molecular complexity index is 684. The van der Waals surface area contributed by atoms with Crippen molar-refractivity contribution in [2.45, 2.75) is 18.9 Å². The molecule has 0 radical (unpaired) electrons. The molecule has 0 bridgehead atoms. The van der Waals surface area contributed by atoms with Crippen LogP contribution in [0, 0.1) is 0 Å². The minimum Gasteiger partial charge on any atom is -0.508 e. The van der Waals surface area contributed by atoms with Crippen LogP contribution < -0.4 is 5.32 Å². The molecule has 2 N–H and O–H groups in total. The highest BCUT2D eigenvalue weighted by Gasteiger charge is 2.30. The maximum absolute atomic E-state index is 9.95. The summed E-state index contributed by atoms with van der Waals surface area (Å²) in [6, 6.07) is 10.1. The number of halogens is 2. The number of hydrogen-bond acceptors (Lipinski definition) is 2. The van der Waals surface area contributed by atoms with E-state index in [1.54, 1.807) is 0 Å². The van der Waals surface area contributed by atoms with Gasteiger partial charge in [0, 0.05) is 11.1 Å². The lowest BCUT2D eigenvalue weighted by Gasteiger charge is -2.34. The molecule has 0 spiro atoms. The first-order chi connectivity index (χ1) is 9.24. The molecule has 1 aliphatic carbocycles. The second kappa shape index (κ2) is 4.96. The molecule has 1 unspecified atom stereocenters. The van der Waals surface area contributed by atoms with Gasteiger partial charge in [-0.2, -0.15) is 0 Å². The Morgan fingerprint density at radius 3 is 2.90 bits per heavy atom. The Hall–Kier alpha value is -1.22. The Kier molecular flexibility index (Phi) is 3.41. The highest BCUT2D eigenvalue weighted by Crippen LogP contribution is 2.45. The fourth-order valence-corrected chi connectivity index (χ4v) is 3.67. The lowest BCUT2D eigenvalue weighted by Crippen LogP contribution is -2.33. The third kappa shape index (κ3) is 1.91. The predicted molar refractivity (Wildman–Crippen MR) is 84.0 cm³/mol. The molecule has 2 nitrogen and oxygen atoms in total. The summed E-state index contributed by atoms with van der Waals surface area (Å²) < 4.78 is 0. The first kappa shape index (κ1) is 13.7. The van der Waals surface area contributed by atoms with Crippen LogP contribution in [0.25, 0.3) is 11.1 Å². The molecule has 0 amide bonds. The molecule has 1 heterocycles. The Morgan fingerprint density at radius 1 is 1.20 bits per heavy atom. The number of rotatable bonds is 0. The van der Waals surface area contributed by atoms with Gasteiger partial charge >= 0.3 is 0 Å². The van der Waals surface area contributed by atoms with E-state index in [2.05, 4.69) is 11.4 Å². The SMILES string of the molecule is Cl.Oc1cc2c3c(c1)-c1cccc(Cl)c1CC3NCC2. The summed E-state index contributed by atoms with van der Waals surface area (Å²) in [5.74, 6) is 0.349. The Balaban J connectivity index is 0.00000121. The molecule has 4 heteroatoms. The molecule has 0 aromatic heterocycles. The number of nitrogens with one attached hydrogen (secondary N) is 1. The lowest BCUT2D eigenvalue weighted by atomic mass is 9.78. The van der Waals surface area contributed by atoms with Gasteiger partial charge in [-0.05, 0) is 65.4 Å². The van der Waals surface area contributed by atoms with Gasteiger partial charge in [-0.1, -0.05) is 23.7 Å². The molecular weight excluding hydrogens is 293 g/mol. The molecule has 4 rings (SSSR count). The maximum Gasteiger partial charge on any atom is 0.116 e. The van der Waals surface area contributed by atoms with Crippen molar-refractivity contribution in [3.05, 3.63) is 52.0 Å². The number of fused-ring (bicyclic) bond motifs is 2. The number of benzene rings is 2. The van der Waals surface area contributed by atoms with Gasteiger partial charge in [0.1, 0.15) is 5.75 Å². The third-order valence-electron chi connectivity index (χ3n) is 4.20. The zero-order valence-corrected chi connectivity index (χ0v) is 12.4. The smallest absolute Gasteiger partial charge is 0.116 e. The van der Waals surface area contributed by atoms with Gasteiger partial charge < -0.3 is 10.4 Å². The summed E-state index contributed by atoms with van der Waals surface area (Å²) in [4.78, 5) is 0. The molecule has 0 saturated heterocycles. The van der Waals surface area contributed by atoms with Gasteiger partial charge in [-0.25, -0.2) is 0 Å². The highest BCUT2D eigenvalue weighted by molar-refractivity contribution is 6.31. The van der Waals surface area contributed by atoms with Crippen LogP contribution in [-0.2, 0) is 12.8 Å². The molecule has 2 aromatic carbocycles. The molecule has 0 fully saturated rings. The standard InChI is InChI=1S/C16H14ClNO.ClH/c17-14-3-1-2-11-12(14)8-15-16-9(4-5-18-15)6-10(19)7-13(11)16;/h1-3,6-7,15,18-19H,4-5,8H2;1H. The van der Waals surface area contributed by atoms with Gasteiger partial charge in [-0.3, -0.25) is 0 Å². The van der Waals surface area contributed by atoms with Crippen LogP contribution in [0.15, 0.2) is 30.3 Å². The number of phenols is 1. The van der Waals surface area contributed by atoms with Crippen LogP contribution in [0.4, 0.5) is 0 Å². The van der Waals surface area contributed by atoms with Crippen molar-refractivity contribution in [2.75, 3.05) is 6.54 Å². The van der Waals surface area contributed by atoms with Crippen molar-refractivity contribution in [3.8, 4) is 16.9 Å². The molecule has 2 aliphatic rings. The second-order valence-electron chi connectivity index (χ2n) is 5.29. The summed E-state index contributed by atoms with van der Waals surface area (Å²) in [5, 5.41) is 14.3. The van der Waals surface area contributed by atoms with Gasteiger partial charge in [0.15, 0.2) is 0 Å². The van der Waals surface area contributed by atoms with Crippen LogP contribution in [0.5, 0.6) is 5.75 Å². The monoisotopic (exact) mass is 307 g/mol. The van der Waals surface area contributed by atoms with E-state index < -0.39 is 0 Å². The Morgan fingerprint density at radius 2 is 2.05 bits per heavy atom. The van der Waals surface area contributed by atoms with Crippen LogP contribution in [0.1, 0.15) is 22.7 Å². The van der Waals surface area contributed by atoms with Gasteiger partial charge in [0.05, 0.1) is 0 Å². The molecular formula is C16H15Cl2NO. The van der Waals surface area contributed by atoms with E-state index in [0.29, 0.717) is 11.8 Å². The zero-order chi connectivity index (χ0) is 13.0. The van der Waals surface area contributed by atoms with Crippen molar-refractivity contribution in [2.24, 2.45) is 0 Å². The summed E-state index contributed by atoms with van der Waals surface area (Å²) in [7, 11) is 0. The molecule has 1 aliphatic heterocycles. The third-order valence-corrected chi connectivity index (χ3v) is 4.56. The molecule has 0 saturated carbocycles. The fourth-order valence-electron chi connectivity index (χ4n) is 3.42. The van der Waals surface area contributed by atoms with Gasteiger partial charge in [-0.15, -0.1) is 12.4 Å². The van der Waals surface area contributed by atoms with Crippen molar-refractivity contribution >= 4 is 24.0 Å². The largest absolute Gasteiger partial charge is 0.508 e. The molecule has 104 valence electrons. The Labute approximate surface area is 129 Å². The lowest BCUT2D eigenvalue weighted by molar-refractivity contribution is 0.466. The second-order valence-corrected chi connectivity index (χ2v) is 5.70. The van der Waals surface area contributed by atoms with Gasteiger partial charge in [0.2, 0.25) is 0 Å². The van der Waals surface area contributed by atoms with E-state index in [4.69, 9.17) is 11.6 Å². The summed E-state index contributed by atoms with van der Waals surface area (Å²) in [5.41, 5.74) is 6.10. The molecule has 2 aromatic rings. The van der Waals surface area contributed by atoms with E-state index in [0.717, 1.165) is 30.0 Å². The van der Waals surface area contributed by atoms with Crippen molar-refractivity contribution in [1.29, 1.82) is 0 Å². The summed E-state index contributed by atoms with van der Waals surface area (Å²) in [6.45, 7) is 0.959. The van der Waals surface area contributed by atoms with Crippen LogP contribution in [0.2, 0.25) is 5.02 Å². The number of hydrogen-bond donors (Lipinski definition) is 2. The van der Waals surface area contributed by atoms with Crippen LogP contribution in [0.3, 0.4) is 0 Å².